The Morgan fingerprint density at radius 1 is 1.39 bits per heavy atom. The fourth-order valence-electron chi connectivity index (χ4n) is 5.29. The van der Waals surface area contributed by atoms with Gasteiger partial charge in [0.25, 0.3) is 0 Å². The van der Waals surface area contributed by atoms with Gasteiger partial charge in [-0.3, -0.25) is 0 Å². The number of fused-ring (bicyclic) bond motifs is 1. The molecule has 1 saturated carbocycles. The third kappa shape index (κ3) is 2.77. The van der Waals surface area contributed by atoms with Gasteiger partial charge in [-0.15, -0.1) is 0 Å². The predicted molar refractivity (Wildman–Crippen MR) is 90.8 cm³/mol. The fraction of sp³-hybridized carbons (Fsp3) is 0.750. The van der Waals surface area contributed by atoms with Crippen molar-refractivity contribution in [2.45, 2.75) is 65.9 Å². The Morgan fingerprint density at radius 3 is 2.78 bits per heavy atom. The molecule has 23 heavy (non-hydrogen) atoms. The molecule has 5 unspecified atom stereocenters. The van der Waals surface area contributed by atoms with E-state index in [0.717, 1.165) is 24.8 Å². The zero-order chi connectivity index (χ0) is 16.8. The van der Waals surface area contributed by atoms with Gasteiger partial charge in [-0.05, 0) is 67.3 Å². The first-order valence-electron chi connectivity index (χ1n) is 8.99. The summed E-state index contributed by atoms with van der Waals surface area (Å²) in [5.74, 6) is 0.938. The lowest BCUT2D eigenvalue weighted by molar-refractivity contribution is -0.134. The lowest BCUT2D eigenvalue weighted by atomic mass is 9.46. The molecule has 3 nitrogen and oxygen atoms in total. The standard InChI is InChI=1S/C20H30O3/c1-13-5-7-20(4)14(2)9-16(21)11-17(20)19(13,3)8-6-15-10-18(22)23-12-15/h9-10,13,16-17,21H,5-8,11-12H2,1-4H3. The Bertz CT molecular complexity index is 561. The Kier molecular flexibility index (Phi) is 4.20. The van der Waals surface area contributed by atoms with Crippen molar-refractivity contribution in [2.24, 2.45) is 22.7 Å². The lowest BCUT2D eigenvalue weighted by Gasteiger charge is -2.58. The molecule has 128 valence electrons. The van der Waals surface area contributed by atoms with E-state index in [1.165, 1.54) is 18.4 Å². The summed E-state index contributed by atoms with van der Waals surface area (Å²) in [5.41, 5.74) is 2.88. The average Bonchev–Trinajstić information content (AvgIpc) is 2.91. The van der Waals surface area contributed by atoms with E-state index >= 15 is 0 Å². The van der Waals surface area contributed by atoms with Gasteiger partial charge < -0.3 is 9.84 Å². The van der Waals surface area contributed by atoms with Crippen LogP contribution in [0.4, 0.5) is 0 Å². The minimum Gasteiger partial charge on any atom is -0.458 e. The van der Waals surface area contributed by atoms with E-state index in [0.29, 0.717) is 18.4 Å². The molecule has 1 fully saturated rings. The lowest BCUT2D eigenvalue weighted by Crippen LogP contribution is -2.51. The molecule has 3 rings (SSSR count). The normalized spacial score (nSPS) is 43.5. The first kappa shape index (κ1) is 16.8. The monoisotopic (exact) mass is 318 g/mol. The molecule has 1 heterocycles. The predicted octanol–water partition coefficient (Wildman–Crippen LogP) is 4.02. The largest absolute Gasteiger partial charge is 0.458 e. The van der Waals surface area contributed by atoms with Crippen LogP contribution in [0, 0.1) is 22.7 Å². The quantitative estimate of drug-likeness (QED) is 0.631. The topological polar surface area (TPSA) is 46.5 Å². The molecule has 0 saturated heterocycles. The first-order chi connectivity index (χ1) is 10.8. The van der Waals surface area contributed by atoms with E-state index in [1.54, 1.807) is 6.08 Å². The number of rotatable bonds is 3. The fourth-order valence-corrected chi connectivity index (χ4v) is 5.29. The molecule has 3 aliphatic rings. The average molecular weight is 318 g/mol. The summed E-state index contributed by atoms with van der Waals surface area (Å²) in [6.45, 7) is 9.82. The summed E-state index contributed by atoms with van der Waals surface area (Å²) in [7, 11) is 0. The highest BCUT2D eigenvalue weighted by Crippen LogP contribution is 2.61. The SMILES string of the molecule is CC1=CC(O)CC2C1(C)CCC(C)C2(C)CCC1=CC(=O)OC1. The second-order valence-electron chi connectivity index (χ2n) is 8.48. The van der Waals surface area contributed by atoms with Gasteiger partial charge in [0.1, 0.15) is 6.61 Å². The molecule has 3 heteroatoms. The van der Waals surface area contributed by atoms with Crippen LogP contribution in [0.5, 0.6) is 0 Å². The summed E-state index contributed by atoms with van der Waals surface area (Å²) in [6.07, 6.45) is 8.73. The maximum absolute atomic E-state index is 11.3. The highest BCUT2D eigenvalue weighted by Gasteiger charge is 2.54. The van der Waals surface area contributed by atoms with Crippen LogP contribution in [-0.2, 0) is 9.53 Å². The summed E-state index contributed by atoms with van der Waals surface area (Å²) in [5, 5.41) is 10.3. The second kappa shape index (κ2) is 5.77. The summed E-state index contributed by atoms with van der Waals surface area (Å²) >= 11 is 0. The number of cyclic esters (lactones) is 1. The maximum atomic E-state index is 11.3. The minimum absolute atomic E-state index is 0.190. The number of carbonyl (C=O) groups excluding carboxylic acids is 1. The molecule has 1 N–H and O–H groups in total. The molecular weight excluding hydrogens is 288 g/mol. The molecule has 0 aromatic heterocycles. The molecule has 0 aromatic rings. The number of hydrogen-bond acceptors (Lipinski definition) is 3. The van der Waals surface area contributed by atoms with Crippen LogP contribution < -0.4 is 0 Å². The van der Waals surface area contributed by atoms with E-state index in [-0.39, 0.29) is 22.9 Å². The summed E-state index contributed by atoms with van der Waals surface area (Å²) in [4.78, 5) is 11.3. The number of allylic oxidation sites excluding steroid dienone is 1. The van der Waals surface area contributed by atoms with Crippen molar-refractivity contribution >= 4 is 5.97 Å². The molecule has 0 aromatic carbocycles. The van der Waals surface area contributed by atoms with Crippen LogP contribution in [0.3, 0.4) is 0 Å². The number of aliphatic hydroxyl groups excluding tert-OH is 1. The molecule has 0 radical (unpaired) electrons. The van der Waals surface area contributed by atoms with Crippen LogP contribution in [0.25, 0.3) is 0 Å². The zero-order valence-corrected chi connectivity index (χ0v) is 14.9. The van der Waals surface area contributed by atoms with Gasteiger partial charge >= 0.3 is 5.97 Å². The number of carbonyl (C=O) groups is 1. The van der Waals surface area contributed by atoms with Crippen molar-refractivity contribution in [2.75, 3.05) is 6.61 Å². The Hall–Kier alpha value is -1.09. The Labute approximate surface area is 139 Å². The van der Waals surface area contributed by atoms with E-state index in [9.17, 15) is 9.90 Å². The first-order valence-corrected chi connectivity index (χ1v) is 8.99. The highest BCUT2D eigenvalue weighted by molar-refractivity contribution is 5.85. The maximum Gasteiger partial charge on any atom is 0.331 e. The van der Waals surface area contributed by atoms with Crippen molar-refractivity contribution < 1.29 is 14.6 Å². The van der Waals surface area contributed by atoms with Gasteiger partial charge in [0.2, 0.25) is 0 Å². The van der Waals surface area contributed by atoms with Gasteiger partial charge in [-0.25, -0.2) is 4.79 Å². The van der Waals surface area contributed by atoms with Crippen LogP contribution in [0.15, 0.2) is 23.3 Å². The molecule has 0 amide bonds. The zero-order valence-electron chi connectivity index (χ0n) is 14.9. The summed E-state index contributed by atoms with van der Waals surface area (Å²) in [6, 6.07) is 0. The molecule has 0 spiro atoms. The van der Waals surface area contributed by atoms with Crippen molar-refractivity contribution in [1.82, 2.24) is 0 Å². The van der Waals surface area contributed by atoms with Gasteiger partial charge in [0.05, 0.1) is 6.10 Å². The number of esters is 1. The van der Waals surface area contributed by atoms with Crippen LogP contribution in [0.2, 0.25) is 0 Å². The molecule has 2 aliphatic carbocycles. The number of ether oxygens (including phenoxy) is 1. The molecule has 1 aliphatic heterocycles. The van der Waals surface area contributed by atoms with E-state index < -0.39 is 0 Å². The third-order valence-electron chi connectivity index (χ3n) is 7.31. The van der Waals surface area contributed by atoms with Crippen molar-refractivity contribution in [3.05, 3.63) is 23.3 Å². The van der Waals surface area contributed by atoms with E-state index in [2.05, 4.69) is 33.8 Å². The minimum atomic E-state index is -0.312. The van der Waals surface area contributed by atoms with Gasteiger partial charge in [0, 0.05) is 6.08 Å². The van der Waals surface area contributed by atoms with Crippen molar-refractivity contribution in [1.29, 1.82) is 0 Å². The van der Waals surface area contributed by atoms with Crippen LogP contribution >= 0.6 is 0 Å². The van der Waals surface area contributed by atoms with Crippen LogP contribution in [-0.4, -0.2) is 23.8 Å². The van der Waals surface area contributed by atoms with Gasteiger partial charge in [0.15, 0.2) is 0 Å². The number of hydrogen-bond donors (Lipinski definition) is 1. The smallest absolute Gasteiger partial charge is 0.331 e. The van der Waals surface area contributed by atoms with Gasteiger partial charge in [-0.2, -0.15) is 0 Å². The molecule has 5 atom stereocenters. The second-order valence-corrected chi connectivity index (χ2v) is 8.48. The van der Waals surface area contributed by atoms with E-state index in [1.807, 2.05) is 0 Å². The third-order valence-corrected chi connectivity index (χ3v) is 7.31. The Morgan fingerprint density at radius 2 is 2.13 bits per heavy atom. The molecule has 0 bridgehead atoms. The van der Waals surface area contributed by atoms with E-state index in [4.69, 9.17) is 4.74 Å². The van der Waals surface area contributed by atoms with Crippen molar-refractivity contribution in [3.63, 3.8) is 0 Å². The van der Waals surface area contributed by atoms with Crippen LogP contribution in [0.1, 0.15) is 59.8 Å². The van der Waals surface area contributed by atoms with Crippen molar-refractivity contribution in [3.8, 4) is 0 Å². The summed E-state index contributed by atoms with van der Waals surface area (Å²) < 4.78 is 5.05. The highest BCUT2D eigenvalue weighted by atomic mass is 16.5. The van der Waals surface area contributed by atoms with Gasteiger partial charge in [-0.1, -0.05) is 32.4 Å². The Balaban J connectivity index is 1.84. The molecular formula is C20H30O3. The number of aliphatic hydroxyl groups is 1.